The van der Waals surface area contributed by atoms with Gasteiger partial charge in [-0.3, -0.25) is 0 Å². The lowest BCUT2D eigenvalue weighted by Crippen LogP contribution is -2.79. The third kappa shape index (κ3) is 1.32. The van der Waals surface area contributed by atoms with Gasteiger partial charge >= 0.3 is 0 Å². The van der Waals surface area contributed by atoms with Gasteiger partial charge in [0.1, 0.15) is 0 Å². The predicted octanol–water partition coefficient (Wildman–Crippen LogP) is 6.51. The lowest BCUT2D eigenvalue weighted by atomic mass is 9.21. The Morgan fingerprint density at radius 2 is 1.58 bits per heavy atom. The van der Waals surface area contributed by atoms with Gasteiger partial charge < -0.3 is 0 Å². The molecule has 0 amide bonds. The third-order valence-corrected chi connectivity index (χ3v) is 13.0. The van der Waals surface area contributed by atoms with Gasteiger partial charge in [-0.2, -0.15) is 0 Å². The molecule has 0 nitrogen and oxygen atoms in total. The summed E-state index contributed by atoms with van der Waals surface area (Å²) >= 11 is 0. The van der Waals surface area contributed by atoms with Crippen molar-refractivity contribution < 1.29 is 0 Å². The Morgan fingerprint density at radius 1 is 0.769 bits per heavy atom. The molecule has 0 heteroatoms. The number of hydrogen-bond donors (Lipinski definition) is 0. The van der Waals surface area contributed by atoms with E-state index in [-0.39, 0.29) is 0 Å². The van der Waals surface area contributed by atoms with Crippen LogP contribution in [0, 0.1) is 87.8 Å². The smallest absolute Gasteiger partial charge is 0.0224 e. The molecule has 0 saturated heterocycles. The minimum absolute atomic E-state index is 0.670. The van der Waals surface area contributed by atoms with E-state index in [4.69, 9.17) is 0 Å². The van der Waals surface area contributed by atoms with Gasteiger partial charge in [0, 0.05) is 0 Å². The zero-order chi connectivity index (χ0) is 17.7. The van der Waals surface area contributed by atoms with E-state index in [1.165, 1.54) is 24.2 Å². The highest BCUT2D eigenvalue weighted by atomic mass is 14.9. The lowest BCUT2D eigenvalue weighted by molar-refractivity contribution is -0.360. The van der Waals surface area contributed by atoms with Gasteiger partial charge in [-0.15, -0.1) is 0 Å². The maximum absolute atomic E-state index is 2.82. The average Bonchev–Trinajstić information content (AvgIpc) is 2.99. The normalized spacial score (nSPS) is 74.4. The van der Waals surface area contributed by atoms with Crippen LogP contribution in [0.3, 0.4) is 0 Å². The standard InChI is InChI=1S/C26H40/c1-6-18-24-20(19-16-9-12(2)21(19)25(18,4)11-13(16)3)23-17-10-14-7-8-15(14)22(17)26(23,24)5/h12-24H,6-11H2,1-5H3. The number of rotatable bonds is 1. The molecule has 7 rings (SSSR count). The van der Waals surface area contributed by atoms with Crippen molar-refractivity contribution >= 4 is 0 Å². The van der Waals surface area contributed by atoms with Gasteiger partial charge in [-0.25, -0.2) is 0 Å². The van der Waals surface area contributed by atoms with Crippen molar-refractivity contribution in [2.75, 3.05) is 0 Å². The van der Waals surface area contributed by atoms with Crippen LogP contribution in [0.15, 0.2) is 0 Å². The zero-order valence-corrected chi connectivity index (χ0v) is 17.7. The molecular formula is C26H40. The van der Waals surface area contributed by atoms with E-state index in [0.29, 0.717) is 5.41 Å². The van der Waals surface area contributed by atoms with Crippen LogP contribution in [0.1, 0.15) is 73.1 Å². The Kier molecular flexibility index (Phi) is 2.71. The largest absolute Gasteiger partial charge is 0.0651 e. The summed E-state index contributed by atoms with van der Waals surface area (Å²) in [7, 11) is 0. The Hall–Kier alpha value is 0. The Morgan fingerprint density at radius 3 is 2.27 bits per heavy atom. The molecule has 0 aromatic heterocycles. The number of fused-ring (bicyclic) bond motifs is 9. The molecule has 144 valence electrons. The minimum Gasteiger partial charge on any atom is -0.0651 e. The summed E-state index contributed by atoms with van der Waals surface area (Å²) in [4.78, 5) is 0. The second kappa shape index (κ2) is 4.43. The molecule has 0 aliphatic heterocycles. The molecule has 4 bridgehead atoms. The van der Waals surface area contributed by atoms with E-state index in [0.717, 1.165) is 64.6 Å². The van der Waals surface area contributed by atoms with Crippen molar-refractivity contribution in [1.29, 1.82) is 0 Å². The van der Waals surface area contributed by atoms with Gasteiger partial charge in [0.2, 0.25) is 0 Å². The van der Waals surface area contributed by atoms with Crippen molar-refractivity contribution in [1.82, 2.24) is 0 Å². The van der Waals surface area contributed by atoms with E-state index < -0.39 is 0 Å². The maximum Gasteiger partial charge on any atom is -0.0224 e. The summed E-state index contributed by atoms with van der Waals surface area (Å²) < 4.78 is 0. The molecule has 26 heavy (non-hydrogen) atoms. The van der Waals surface area contributed by atoms with Gasteiger partial charge in [0.05, 0.1) is 0 Å². The summed E-state index contributed by atoms with van der Waals surface area (Å²) in [6, 6.07) is 0. The van der Waals surface area contributed by atoms with Crippen molar-refractivity contribution in [2.45, 2.75) is 73.1 Å². The molecule has 15 atom stereocenters. The fourth-order valence-corrected chi connectivity index (χ4v) is 13.0. The zero-order valence-electron chi connectivity index (χ0n) is 17.7. The molecule has 0 radical (unpaired) electrons. The number of hydrogen-bond acceptors (Lipinski definition) is 0. The molecule has 7 saturated carbocycles. The predicted molar refractivity (Wildman–Crippen MR) is 106 cm³/mol. The van der Waals surface area contributed by atoms with Crippen LogP contribution in [0.2, 0.25) is 0 Å². The second-order valence-corrected chi connectivity index (χ2v) is 13.1. The molecule has 0 N–H and O–H groups in total. The summed E-state index contributed by atoms with van der Waals surface area (Å²) in [6.45, 7) is 13.5. The molecule has 0 heterocycles. The Labute approximate surface area is 161 Å². The molecule has 0 aromatic carbocycles. The summed E-state index contributed by atoms with van der Waals surface area (Å²) in [5.74, 6) is 14.5. The summed E-state index contributed by atoms with van der Waals surface area (Å²) in [5.41, 5.74) is 1.45. The van der Waals surface area contributed by atoms with Crippen molar-refractivity contribution in [3.8, 4) is 0 Å². The van der Waals surface area contributed by atoms with Gasteiger partial charge in [-0.1, -0.05) is 41.0 Å². The van der Waals surface area contributed by atoms with Gasteiger partial charge in [0.15, 0.2) is 0 Å². The lowest BCUT2D eigenvalue weighted by Gasteiger charge is -2.83. The van der Waals surface area contributed by atoms with Crippen LogP contribution in [0.4, 0.5) is 0 Å². The topological polar surface area (TPSA) is 0 Å². The van der Waals surface area contributed by atoms with Crippen molar-refractivity contribution in [2.24, 2.45) is 87.8 Å². The van der Waals surface area contributed by atoms with E-state index in [9.17, 15) is 0 Å². The maximum atomic E-state index is 2.82. The van der Waals surface area contributed by atoms with E-state index >= 15 is 0 Å². The van der Waals surface area contributed by atoms with Crippen LogP contribution >= 0.6 is 0 Å². The van der Waals surface area contributed by atoms with E-state index in [1.807, 2.05) is 0 Å². The Balaban J connectivity index is 1.36. The molecule has 7 aliphatic carbocycles. The molecule has 0 aromatic rings. The average molecular weight is 353 g/mol. The first-order valence-corrected chi connectivity index (χ1v) is 12.4. The Bertz CT molecular complexity index is 665. The highest BCUT2D eigenvalue weighted by molar-refractivity contribution is 5.31. The fraction of sp³-hybridized carbons (Fsp3) is 1.00. The molecule has 15 unspecified atom stereocenters. The molecular weight excluding hydrogens is 312 g/mol. The first-order chi connectivity index (χ1) is 12.4. The van der Waals surface area contributed by atoms with Crippen LogP contribution < -0.4 is 0 Å². The highest BCUT2D eigenvalue weighted by Gasteiger charge is 2.84. The fourth-order valence-electron chi connectivity index (χ4n) is 13.0. The first kappa shape index (κ1) is 15.9. The molecule has 7 fully saturated rings. The monoisotopic (exact) mass is 352 g/mol. The first-order valence-electron chi connectivity index (χ1n) is 12.4. The van der Waals surface area contributed by atoms with Crippen LogP contribution in [0.5, 0.6) is 0 Å². The van der Waals surface area contributed by atoms with Crippen LogP contribution in [-0.2, 0) is 0 Å². The SMILES string of the molecule is CCC1C2C(C3C4CC(C)C3C1(C)CC4C)C1C3CC4CCC4C3C12C. The minimum atomic E-state index is 0.670. The van der Waals surface area contributed by atoms with Crippen LogP contribution in [0.25, 0.3) is 0 Å². The van der Waals surface area contributed by atoms with Crippen molar-refractivity contribution in [3.05, 3.63) is 0 Å². The second-order valence-electron chi connectivity index (χ2n) is 13.1. The molecule has 7 aliphatic rings. The van der Waals surface area contributed by atoms with E-state index in [2.05, 4.69) is 34.6 Å². The van der Waals surface area contributed by atoms with Gasteiger partial charge in [-0.05, 0) is 120 Å². The van der Waals surface area contributed by atoms with E-state index in [1.54, 1.807) is 32.1 Å². The van der Waals surface area contributed by atoms with Gasteiger partial charge in [0.25, 0.3) is 0 Å². The quantitative estimate of drug-likeness (QED) is 0.505. The highest BCUT2D eigenvalue weighted by Crippen LogP contribution is 2.88. The molecule has 0 spiro atoms. The van der Waals surface area contributed by atoms with Crippen molar-refractivity contribution in [3.63, 3.8) is 0 Å². The third-order valence-electron chi connectivity index (χ3n) is 13.0. The summed E-state index contributed by atoms with van der Waals surface area (Å²) in [5, 5.41) is 0. The van der Waals surface area contributed by atoms with Crippen LogP contribution in [-0.4, -0.2) is 0 Å². The summed E-state index contributed by atoms with van der Waals surface area (Å²) in [6.07, 6.45) is 9.45.